The van der Waals surface area contributed by atoms with Crippen molar-refractivity contribution in [1.82, 2.24) is 20.3 Å². The lowest BCUT2D eigenvalue weighted by molar-refractivity contribution is -0.274. The lowest BCUT2D eigenvalue weighted by Crippen LogP contribution is -2.32. The molecule has 0 aliphatic carbocycles. The van der Waals surface area contributed by atoms with Gasteiger partial charge >= 0.3 is 12.4 Å². The number of nitrogens with one attached hydrogen (secondary N) is 1. The molecular weight excluding hydrogens is 391 g/mol. The second-order valence-corrected chi connectivity index (χ2v) is 6.31. The van der Waals surface area contributed by atoms with Gasteiger partial charge in [-0.05, 0) is 31.4 Å². The number of halogens is 3. The smallest absolute Gasteiger partial charge is 0.467 e. The lowest BCUT2D eigenvalue weighted by Gasteiger charge is -2.26. The van der Waals surface area contributed by atoms with E-state index >= 15 is 0 Å². The molecule has 2 heterocycles. The molecule has 0 radical (unpaired) electrons. The second-order valence-electron chi connectivity index (χ2n) is 6.31. The van der Waals surface area contributed by atoms with E-state index in [-0.39, 0.29) is 23.9 Å². The van der Waals surface area contributed by atoms with Gasteiger partial charge in [0.05, 0.1) is 19.2 Å². The van der Waals surface area contributed by atoms with Crippen molar-refractivity contribution in [2.24, 2.45) is 0 Å². The average molecular weight is 411 g/mol. The fraction of sp³-hybridized carbons (Fsp3) is 0.444. The number of rotatable bonds is 6. The van der Waals surface area contributed by atoms with Gasteiger partial charge in [0.25, 0.3) is 5.91 Å². The third-order valence-electron chi connectivity index (χ3n) is 4.24. The van der Waals surface area contributed by atoms with Crippen molar-refractivity contribution in [2.45, 2.75) is 32.2 Å². The summed E-state index contributed by atoms with van der Waals surface area (Å²) in [6.07, 6.45) is -1.71. The normalized spacial score (nSPS) is 14.4. The Labute approximate surface area is 165 Å². The number of anilines is 1. The molecular formula is C18H20F3N5O3. The maximum atomic E-state index is 12.5. The van der Waals surface area contributed by atoms with Crippen LogP contribution in [0.15, 0.2) is 24.3 Å². The van der Waals surface area contributed by atoms with Gasteiger partial charge in [0.2, 0.25) is 5.95 Å². The summed E-state index contributed by atoms with van der Waals surface area (Å²) in [5.74, 6) is -0.648. The van der Waals surface area contributed by atoms with Gasteiger partial charge in [-0.2, -0.15) is 15.0 Å². The third-order valence-corrected chi connectivity index (χ3v) is 4.24. The zero-order chi connectivity index (χ0) is 20.9. The summed E-state index contributed by atoms with van der Waals surface area (Å²) in [4.78, 5) is 27.1. The Bertz CT molecular complexity index is 857. The van der Waals surface area contributed by atoms with Crippen molar-refractivity contribution in [3.63, 3.8) is 0 Å². The van der Waals surface area contributed by atoms with Crippen LogP contribution in [-0.2, 0) is 6.54 Å². The number of amides is 1. The zero-order valence-corrected chi connectivity index (χ0v) is 15.7. The molecule has 1 aromatic carbocycles. The van der Waals surface area contributed by atoms with E-state index in [1.165, 1.54) is 25.3 Å². The summed E-state index contributed by atoms with van der Waals surface area (Å²) in [7, 11) is 1.42. The van der Waals surface area contributed by atoms with Crippen LogP contribution in [0.5, 0.6) is 11.8 Å². The van der Waals surface area contributed by atoms with Gasteiger partial charge in [0, 0.05) is 13.1 Å². The molecule has 0 atom stereocenters. The van der Waals surface area contributed by atoms with E-state index in [0.29, 0.717) is 5.95 Å². The molecule has 29 heavy (non-hydrogen) atoms. The average Bonchev–Trinajstić information content (AvgIpc) is 2.71. The Morgan fingerprint density at radius 1 is 1.14 bits per heavy atom. The van der Waals surface area contributed by atoms with Crippen LogP contribution in [-0.4, -0.2) is 47.4 Å². The van der Waals surface area contributed by atoms with Crippen LogP contribution >= 0.6 is 0 Å². The molecule has 8 nitrogen and oxygen atoms in total. The molecule has 1 saturated heterocycles. The van der Waals surface area contributed by atoms with E-state index in [2.05, 4.69) is 25.0 Å². The number of alkyl halides is 3. The van der Waals surface area contributed by atoms with Gasteiger partial charge in [-0.15, -0.1) is 13.2 Å². The molecule has 3 rings (SSSR count). The third kappa shape index (κ3) is 5.69. The minimum atomic E-state index is -4.90. The maximum absolute atomic E-state index is 12.5. The van der Waals surface area contributed by atoms with Crippen LogP contribution in [0.2, 0.25) is 0 Å². The summed E-state index contributed by atoms with van der Waals surface area (Å²) in [6, 6.07) is 5.20. The summed E-state index contributed by atoms with van der Waals surface area (Å²) < 4.78 is 46.6. The molecule has 1 aromatic heterocycles. The molecule has 11 heteroatoms. The molecule has 156 valence electrons. The molecule has 2 aromatic rings. The first-order valence-electron chi connectivity index (χ1n) is 9.02. The highest BCUT2D eigenvalue weighted by molar-refractivity contribution is 5.96. The zero-order valence-electron chi connectivity index (χ0n) is 15.7. The molecule has 0 bridgehead atoms. The van der Waals surface area contributed by atoms with Gasteiger partial charge in [0.15, 0.2) is 5.82 Å². The van der Waals surface area contributed by atoms with E-state index in [4.69, 9.17) is 4.74 Å². The fourth-order valence-corrected chi connectivity index (χ4v) is 2.91. The first kappa shape index (κ1) is 20.6. The van der Waals surface area contributed by atoms with E-state index in [1.54, 1.807) is 0 Å². The first-order valence-corrected chi connectivity index (χ1v) is 9.02. The number of methoxy groups -OCH3 is 1. The minimum absolute atomic E-state index is 0.102. The van der Waals surface area contributed by atoms with Crippen LogP contribution in [0.25, 0.3) is 0 Å². The van der Waals surface area contributed by atoms with Gasteiger partial charge in [-0.25, -0.2) is 0 Å². The maximum Gasteiger partial charge on any atom is 0.573 e. The lowest BCUT2D eigenvalue weighted by atomic mass is 10.1. The highest BCUT2D eigenvalue weighted by Crippen LogP contribution is 2.26. The predicted molar refractivity (Wildman–Crippen MR) is 96.7 cm³/mol. The van der Waals surface area contributed by atoms with E-state index in [9.17, 15) is 18.0 Å². The number of carbonyl (C=O) groups is 1. The number of para-hydroxylation sites is 1. The van der Waals surface area contributed by atoms with Gasteiger partial charge in [0.1, 0.15) is 5.75 Å². The fourth-order valence-electron chi connectivity index (χ4n) is 2.91. The number of nitrogens with zero attached hydrogens (tertiary/aromatic N) is 4. The van der Waals surface area contributed by atoms with Crippen molar-refractivity contribution in [3.05, 3.63) is 35.7 Å². The summed E-state index contributed by atoms with van der Waals surface area (Å²) in [6.45, 7) is 1.50. The Morgan fingerprint density at radius 3 is 2.55 bits per heavy atom. The van der Waals surface area contributed by atoms with E-state index in [0.717, 1.165) is 38.4 Å². The Kier molecular flexibility index (Phi) is 6.35. The van der Waals surface area contributed by atoms with Gasteiger partial charge in [-0.1, -0.05) is 12.1 Å². The van der Waals surface area contributed by atoms with E-state index in [1.807, 2.05) is 4.90 Å². The largest absolute Gasteiger partial charge is 0.573 e. The van der Waals surface area contributed by atoms with Crippen LogP contribution in [0.1, 0.15) is 35.4 Å². The number of hydrogen-bond acceptors (Lipinski definition) is 7. The summed E-state index contributed by atoms with van der Waals surface area (Å²) in [5.41, 5.74) is -0.248. The topological polar surface area (TPSA) is 89.5 Å². The van der Waals surface area contributed by atoms with Crippen molar-refractivity contribution in [2.75, 3.05) is 25.1 Å². The Balaban J connectivity index is 1.73. The first-order chi connectivity index (χ1) is 13.9. The van der Waals surface area contributed by atoms with Crippen molar-refractivity contribution in [1.29, 1.82) is 0 Å². The SMILES string of the molecule is COc1nc(CNC(=O)c2ccccc2OC(F)(F)F)nc(N2CCCCC2)n1. The number of aromatic nitrogens is 3. The number of piperidine rings is 1. The molecule has 1 N–H and O–H groups in total. The molecule has 0 saturated carbocycles. The molecule has 0 spiro atoms. The minimum Gasteiger partial charge on any atom is -0.467 e. The van der Waals surface area contributed by atoms with E-state index < -0.39 is 18.0 Å². The summed E-state index contributed by atoms with van der Waals surface area (Å²) in [5, 5.41) is 2.51. The van der Waals surface area contributed by atoms with Crippen molar-refractivity contribution in [3.8, 4) is 11.8 Å². The molecule has 1 aliphatic rings. The van der Waals surface area contributed by atoms with Crippen LogP contribution < -0.4 is 19.7 Å². The number of benzene rings is 1. The van der Waals surface area contributed by atoms with Crippen LogP contribution in [0, 0.1) is 0 Å². The number of carbonyl (C=O) groups excluding carboxylic acids is 1. The highest BCUT2D eigenvalue weighted by atomic mass is 19.4. The van der Waals surface area contributed by atoms with Crippen LogP contribution in [0.3, 0.4) is 0 Å². The number of hydrogen-bond donors (Lipinski definition) is 1. The monoisotopic (exact) mass is 411 g/mol. The quantitative estimate of drug-likeness (QED) is 0.782. The van der Waals surface area contributed by atoms with Crippen molar-refractivity contribution >= 4 is 11.9 Å². The summed E-state index contributed by atoms with van der Waals surface area (Å²) >= 11 is 0. The van der Waals surface area contributed by atoms with Gasteiger partial charge in [-0.3, -0.25) is 4.79 Å². The number of ether oxygens (including phenoxy) is 2. The Hall–Kier alpha value is -3.11. The Morgan fingerprint density at radius 2 is 1.86 bits per heavy atom. The molecule has 0 unspecified atom stereocenters. The second kappa shape index (κ2) is 8.93. The van der Waals surface area contributed by atoms with Crippen LogP contribution in [0.4, 0.5) is 19.1 Å². The van der Waals surface area contributed by atoms with Crippen molar-refractivity contribution < 1.29 is 27.4 Å². The molecule has 1 amide bonds. The molecule has 1 aliphatic heterocycles. The van der Waals surface area contributed by atoms with Gasteiger partial charge < -0.3 is 19.7 Å². The standard InChI is InChI=1S/C18H20F3N5O3/c1-28-17-24-14(23-16(25-17)26-9-5-2-6-10-26)11-22-15(27)12-7-3-4-8-13(12)29-18(19,20)21/h3-4,7-8H,2,5-6,9-11H2,1H3,(H,22,27). The highest BCUT2D eigenvalue weighted by Gasteiger charge is 2.32. The predicted octanol–water partition coefficient (Wildman–Crippen LogP) is 2.70. The molecule has 1 fully saturated rings.